The molecular formula is C82H154NO8+. The first-order chi connectivity index (χ1) is 44.6. The fourth-order valence-corrected chi connectivity index (χ4v) is 12.0. The van der Waals surface area contributed by atoms with Crippen LogP contribution in [0, 0.1) is 0 Å². The second-order valence-corrected chi connectivity index (χ2v) is 28.4. The first kappa shape index (κ1) is 88.2. The molecule has 0 aliphatic carbocycles. The molecular weight excluding hydrogens is 1130 g/mol. The van der Waals surface area contributed by atoms with E-state index in [1.54, 1.807) is 0 Å². The number of carboxylic acid groups (broad SMARTS) is 1. The summed E-state index contributed by atoms with van der Waals surface area (Å²) in [6.45, 7) is 4.92. The highest BCUT2D eigenvalue weighted by molar-refractivity contribution is 5.71. The molecule has 0 aliphatic heterocycles. The van der Waals surface area contributed by atoms with Crippen LogP contribution in [0.5, 0.6) is 0 Å². The van der Waals surface area contributed by atoms with Gasteiger partial charge in [-0.05, 0) is 77.0 Å². The number of rotatable bonds is 75. The zero-order chi connectivity index (χ0) is 66.1. The van der Waals surface area contributed by atoms with Gasteiger partial charge in [0, 0.05) is 12.8 Å². The Balaban J connectivity index is 3.94. The van der Waals surface area contributed by atoms with Gasteiger partial charge in [-0.15, -0.1) is 0 Å². The van der Waals surface area contributed by atoms with Crippen LogP contribution < -0.4 is 0 Å². The Labute approximate surface area is 565 Å². The molecule has 0 radical (unpaired) electrons. The lowest BCUT2D eigenvalue weighted by Gasteiger charge is -2.25. The number of unbranched alkanes of at least 4 members (excludes halogenated alkanes) is 52. The smallest absolute Gasteiger partial charge is 0.361 e. The zero-order valence-corrected chi connectivity index (χ0v) is 61.3. The van der Waals surface area contributed by atoms with E-state index in [4.69, 9.17) is 18.9 Å². The summed E-state index contributed by atoms with van der Waals surface area (Å²) in [7, 11) is 5.99. The van der Waals surface area contributed by atoms with Crippen molar-refractivity contribution < 1.29 is 42.9 Å². The van der Waals surface area contributed by atoms with Gasteiger partial charge in [0.1, 0.15) is 13.2 Å². The van der Waals surface area contributed by atoms with Crippen molar-refractivity contribution in [3.05, 3.63) is 48.6 Å². The Morgan fingerprint density at radius 2 is 0.593 bits per heavy atom. The molecule has 1 N–H and O–H groups in total. The van der Waals surface area contributed by atoms with Gasteiger partial charge in [0.2, 0.25) is 0 Å². The molecule has 2 unspecified atom stereocenters. The number of hydrogen-bond donors (Lipinski definition) is 1. The van der Waals surface area contributed by atoms with E-state index in [1.807, 2.05) is 21.1 Å². The summed E-state index contributed by atoms with van der Waals surface area (Å²) in [5.41, 5.74) is 0. The Morgan fingerprint density at radius 3 is 0.868 bits per heavy atom. The van der Waals surface area contributed by atoms with Crippen molar-refractivity contribution in [1.82, 2.24) is 0 Å². The van der Waals surface area contributed by atoms with Crippen molar-refractivity contribution in [1.29, 1.82) is 0 Å². The lowest BCUT2D eigenvalue weighted by atomic mass is 10.0. The van der Waals surface area contributed by atoms with E-state index in [0.29, 0.717) is 17.4 Å². The maximum Gasteiger partial charge on any atom is 0.361 e. The standard InChI is InChI=1S/C82H153NO8/c1-6-8-10-12-14-16-18-20-22-24-26-28-30-32-33-34-35-36-37-38-39-40-41-42-43-44-45-46-47-49-51-53-55-57-59-61-63-65-67-69-71-73-80(85)91-78(77-90-82(81(86)87)88-75-74-83(3,4)5)76-89-79(84)72-70-68-66-64-62-60-58-56-54-52-50-48-31-29-27-25-23-21-19-17-15-13-11-9-7-2/h18-21,24-27,78,82H,6-17,22-23,28-77H2,1-5H3/p+1/b20-18-,21-19-,26-24-,27-25-. The Bertz CT molecular complexity index is 1630. The van der Waals surface area contributed by atoms with E-state index in [0.717, 1.165) is 51.4 Å². The summed E-state index contributed by atoms with van der Waals surface area (Å²) < 4.78 is 23.0. The molecule has 0 saturated carbocycles. The minimum atomic E-state index is -1.51. The summed E-state index contributed by atoms with van der Waals surface area (Å²) >= 11 is 0. The van der Waals surface area contributed by atoms with Crippen LogP contribution in [0.25, 0.3) is 0 Å². The number of carbonyl (C=O) groups excluding carboxylic acids is 2. The third kappa shape index (κ3) is 74.5. The van der Waals surface area contributed by atoms with Gasteiger partial charge in [0.05, 0.1) is 34.4 Å². The molecule has 9 heteroatoms. The van der Waals surface area contributed by atoms with Gasteiger partial charge in [0.15, 0.2) is 6.10 Å². The summed E-state index contributed by atoms with van der Waals surface area (Å²) in [6.07, 6.45) is 92.7. The molecule has 0 spiro atoms. The van der Waals surface area contributed by atoms with E-state index in [-0.39, 0.29) is 38.2 Å². The van der Waals surface area contributed by atoms with Crippen molar-refractivity contribution in [2.45, 2.75) is 411 Å². The van der Waals surface area contributed by atoms with Crippen molar-refractivity contribution >= 4 is 17.9 Å². The highest BCUT2D eigenvalue weighted by Gasteiger charge is 2.25. The van der Waals surface area contributed by atoms with Crippen molar-refractivity contribution in [3.63, 3.8) is 0 Å². The number of ether oxygens (including phenoxy) is 4. The van der Waals surface area contributed by atoms with Gasteiger partial charge in [-0.1, -0.05) is 358 Å². The molecule has 0 rings (SSSR count). The Hall–Kier alpha value is -2.75. The minimum Gasteiger partial charge on any atom is -0.477 e. The summed E-state index contributed by atoms with van der Waals surface area (Å²) in [6, 6.07) is 0. The van der Waals surface area contributed by atoms with Crippen LogP contribution in [0.4, 0.5) is 0 Å². The average molecular weight is 1280 g/mol. The number of allylic oxidation sites excluding steroid dienone is 8. The molecule has 2 atom stereocenters. The van der Waals surface area contributed by atoms with Gasteiger partial charge in [0.25, 0.3) is 6.29 Å². The number of quaternary nitrogens is 1. The van der Waals surface area contributed by atoms with Crippen LogP contribution >= 0.6 is 0 Å². The topological polar surface area (TPSA) is 108 Å². The van der Waals surface area contributed by atoms with Crippen LogP contribution in [-0.2, 0) is 33.3 Å². The first-order valence-electron chi connectivity index (χ1n) is 39.8. The lowest BCUT2D eigenvalue weighted by Crippen LogP contribution is -2.40. The highest BCUT2D eigenvalue weighted by Crippen LogP contribution is 2.19. The predicted molar refractivity (Wildman–Crippen MR) is 392 cm³/mol. The maximum atomic E-state index is 13.0. The van der Waals surface area contributed by atoms with Crippen LogP contribution in [0.15, 0.2) is 48.6 Å². The third-order valence-electron chi connectivity index (χ3n) is 18.1. The third-order valence-corrected chi connectivity index (χ3v) is 18.1. The van der Waals surface area contributed by atoms with E-state index in [1.165, 1.54) is 321 Å². The maximum absolute atomic E-state index is 13.0. The molecule has 91 heavy (non-hydrogen) atoms. The lowest BCUT2D eigenvalue weighted by molar-refractivity contribution is -0.870. The van der Waals surface area contributed by atoms with Gasteiger partial charge < -0.3 is 28.5 Å². The quantitative estimate of drug-likeness (QED) is 0.0211. The van der Waals surface area contributed by atoms with Crippen LogP contribution in [0.2, 0.25) is 0 Å². The monoisotopic (exact) mass is 1280 g/mol. The number of hydrogen-bond acceptors (Lipinski definition) is 7. The molecule has 0 fully saturated rings. The second kappa shape index (κ2) is 73.1. The molecule has 0 amide bonds. The van der Waals surface area contributed by atoms with Gasteiger partial charge in [-0.2, -0.15) is 0 Å². The SMILES string of the molecule is CCCCCCC/C=C\C/C=C\CCCCCCCCCCCCCCCCCCCCCCCCCCCCCCCC(=O)OC(COC(=O)CCCCCCCCCCCCCCC/C=C\C/C=C\CCCCCCC)COC(OCC[N+](C)(C)C)C(=O)O. The number of aliphatic carboxylic acids is 1. The van der Waals surface area contributed by atoms with E-state index >= 15 is 0 Å². The molecule has 0 aromatic carbocycles. The molecule has 0 aromatic rings. The van der Waals surface area contributed by atoms with Gasteiger partial charge in [-0.25, -0.2) is 4.79 Å². The summed E-state index contributed by atoms with van der Waals surface area (Å²) in [4.78, 5) is 37.7. The minimum absolute atomic E-state index is 0.178. The molecule has 0 aromatic heterocycles. The molecule has 0 bridgehead atoms. The fraction of sp³-hybridized carbons (Fsp3) is 0.866. The van der Waals surface area contributed by atoms with Crippen LogP contribution in [-0.4, -0.2) is 87.4 Å². The molecule has 534 valence electrons. The average Bonchev–Trinajstić information content (AvgIpc) is 3.53. The van der Waals surface area contributed by atoms with E-state index in [2.05, 4.69) is 62.5 Å². The molecule has 0 saturated heterocycles. The largest absolute Gasteiger partial charge is 0.477 e. The summed E-state index contributed by atoms with van der Waals surface area (Å²) in [5, 5.41) is 9.76. The number of likely N-dealkylation sites (N-methyl/N-ethyl adjacent to an activating group) is 1. The van der Waals surface area contributed by atoms with E-state index in [9.17, 15) is 19.5 Å². The Kier molecular flexibility index (Phi) is 70.9. The number of nitrogens with zero attached hydrogens (tertiary/aromatic N) is 1. The van der Waals surface area contributed by atoms with Gasteiger partial charge >= 0.3 is 17.9 Å². The molecule has 0 heterocycles. The van der Waals surface area contributed by atoms with Crippen LogP contribution in [0.1, 0.15) is 399 Å². The van der Waals surface area contributed by atoms with E-state index < -0.39 is 18.4 Å². The molecule has 9 nitrogen and oxygen atoms in total. The number of esters is 2. The van der Waals surface area contributed by atoms with Crippen molar-refractivity contribution in [3.8, 4) is 0 Å². The fourth-order valence-electron chi connectivity index (χ4n) is 12.0. The second-order valence-electron chi connectivity index (χ2n) is 28.4. The van der Waals surface area contributed by atoms with Gasteiger partial charge in [-0.3, -0.25) is 9.59 Å². The normalized spacial score (nSPS) is 12.8. The first-order valence-corrected chi connectivity index (χ1v) is 39.8. The van der Waals surface area contributed by atoms with Crippen LogP contribution in [0.3, 0.4) is 0 Å². The number of carboxylic acids is 1. The van der Waals surface area contributed by atoms with Crippen molar-refractivity contribution in [2.24, 2.45) is 0 Å². The zero-order valence-electron chi connectivity index (χ0n) is 61.3. The highest BCUT2D eigenvalue weighted by atomic mass is 16.7. The summed E-state index contributed by atoms with van der Waals surface area (Å²) in [5.74, 6) is -1.98. The predicted octanol–water partition coefficient (Wildman–Crippen LogP) is 25.3. The van der Waals surface area contributed by atoms with Crippen molar-refractivity contribution in [2.75, 3.05) is 47.5 Å². The number of carbonyl (C=O) groups is 3. The molecule has 0 aliphatic rings. The Morgan fingerprint density at radius 1 is 0.330 bits per heavy atom.